The second-order valence-electron chi connectivity index (χ2n) is 8.07. The molecule has 2 aliphatic carbocycles. The minimum absolute atomic E-state index is 0.221. The number of piperidine rings is 1. The van der Waals surface area contributed by atoms with Crippen LogP contribution in [0.2, 0.25) is 0 Å². The largest absolute Gasteiger partial charge is 0.467 e. The highest BCUT2D eigenvalue weighted by Crippen LogP contribution is 2.36. The molecule has 5 rings (SSSR count). The third kappa shape index (κ3) is 3.31. The summed E-state index contributed by atoms with van der Waals surface area (Å²) in [4.78, 5) is 23.0. The van der Waals surface area contributed by atoms with Gasteiger partial charge in [0.05, 0.1) is 5.69 Å². The maximum Gasteiger partial charge on any atom is 0.273 e. The van der Waals surface area contributed by atoms with Crippen LogP contribution in [0.1, 0.15) is 55.5 Å². The van der Waals surface area contributed by atoms with Crippen molar-refractivity contribution in [1.29, 1.82) is 0 Å². The zero-order chi connectivity index (χ0) is 16.8. The molecule has 1 saturated heterocycles. The molecule has 0 unspecified atom stereocenters. The monoisotopic (exact) mass is 361 g/mol. The van der Waals surface area contributed by atoms with Crippen LogP contribution in [0.15, 0.2) is 0 Å². The van der Waals surface area contributed by atoms with E-state index < -0.39 is 0 Å². The molecule has 1 aromatic heterocycles. The van der Waals surface area contributed by atoms with E-state index in [1.54, 1.807) is 11.3 Å². The van der Waals surface area contributed by atoms with Crippen LogP contribution in [-0.4, -0.2) is 52.5 Å². The van der Waals surface area contributed by atoms with Crippen molar-refractivity contribution in [2.24, 2.45) is 5.92 Å². The summed E-state index contributed by atoms with van der Waals surface area (Å²) < 4.78 is 6.20. The third-order valence-electron chi connectivity index (χ3n) is 6.28. The Bertz CT molecular complexity index is 645. The van der Waals surface area contributed by atoms with Crippen LogP contribution < -0.4 is 4.74 Å². The average molecular weight is 362 g/mol. The molecule has 2 saturated carbocycles. The summed E-state index contributed by atoms with van der Waals surface area (Å²) in [5, 5.41) is 0.854. The Hall–Kier alpha value is -1.14. The zero-order valence-electron chi connectivity index (χ0n) is 14.8. The predicted molar refractivity (Wildman–Crippen MR) is 96.8 cm³/mol. The molecule has 0 bridgehead atoms. The quantitative estimate of drug-likeness (QED) is 0.827. The van der Waals surface area contributed by atoms with E-state index in [1.165, 1.54) is 29.8 Å². The molecule has 0 N–H and O–H groups in total. The van der Waals surface area contributed by atoms with Crippen LogP contribution in [0.4, 0.5) is 0 Å². The van der Waals surface area contributed by atoms with E-state index >= 15 is 0 Å². The third-order valence-corrected chi connectivity index (χ3v) is 7.25. The normalized spacial score (nSPS) is 25.5. The molecule has 136 valence electrons. The Morgan fingerprint density at radius 2 is 1.88 bits per heavy atom. The van der Waals surface area contributed by atoms with E-state index in [2.05, 4.69) is 4.90 Å². The van der Waals surface area contributed by atoms with Crippen molar-refractivity contribution < 1.29 is 9.53 Å². The van der Waals surface area contributed by atoms with Gasteiger partial charge in [0, 0.05) is 62.3 Å². The molecule has 25 heavy (non-hydrogen) atoms. The molecule has 1 amide bonds. The van der Waals surface area contributed by atoms with Gasteiger partial charge in [0.25, 0.3) is 5.19 Å². The number of ether oxygens (including phenoxy) is 1. The van der Waals surface area contributed by atoms with Gasteiger partial charge >= 0.3 is 0 Å². The molecule has 0 aromatic carbocycles. The van der Waals surface area contributed by atoms with E-state index in [4.69, 9.17) is 9.72 Å². The highest BCUT2D eigenvalue weighted by atomic mass is 32.1. The van der Waals surface area contributed by atoms with Gasteiger partial charge in [-0.25, -0.2) is 4.98 Å². The SMILES string of the molecule is O=C(C1CC1)N1CCC(Oc2nc3c(s2)CN(C2CCC2)CC3)CC1. The first-order valence-corrected chi connectivity index (χ1v) is 10.8. The number of aromatic nitrogens is 1. The number of hydrogen-bond acceptors (Lipinski definition) is 5. The fourth-order valence-electron chi connectivity index (χ4n) is 4.23. The number of thiazole rings is 1. The summed E-state index contributed by atoms with van der Waals surface area (Å²) in [5.41, 5.74) is 1.26. The Morgan fingerprint density at radius 1 is 1.08 bits per heavy atom. The Labute approximate surface area is 153 Å². The molecule has 5 nitrogen and oxygen atoms in total. The van der Waals surface area contributed by atoms with Gasteiger partial charge in [-0.3, -0.25) is 9.69 Å². The van der Waals surface area contributed by atoms with Crippen molar-refractivity contribution in [3.63, 3.8) is 0 Å². The number of carbonyl (C=O) groups excluding carboxylic acids is 1. The zero-order valence-corrected chi connectivity index (χ0v) is 15.6. The van der Waals surface area contributed by atoms with Gasteiger partial charge in [0.15, 0.2) is 0 Å². The number of rotatable bonds is 4. The summed E-state index contributed by atoms with van der Waals surface area (Å²) in [6.45, 7) is 3.92. The number of nitrogens with zero attached hydrogens (tertiary/aromatic N) is 3. The van der Waals surface area contributed by atoms with Crippen molar-refractivity contribution in [2.75, 3.05) is 19.6 Å². The molecule has 0 atom stereocenters. The van der Waals surface area contributed by atoms with E-state index in [0.717, 1.165) is 69.5 Å². The lowest BCUT2D eigenvalue weighted by molar-refractivity contribution is -0.134. The Balaban J connectivity index is 1.16. The average Bonchev–Trinajstić information content (AvgIpc) is 3.34. The summed E-state index contributed by atoms with van der Waals surface area (Å²) >= 11 is 1.75. The van der Waals surface area contributed by atoms with Crippen molar-refractivity contribution in [3.8, 4) is 5.19 Å². The molecule has 0 spiro atoms. The second-order valence-corrected chi connectivity index (χ2v) is 9.12. The van der Waals surface area contributed by atoms with Crippen molar-refractivity contribution in [1.82, 2.24) is 14.8 Å². The summed E-state index contributed by atoms with van der Waals surface area (Å²) in [5.74, 6) is 0.709. The molecule has 2 aliphatic heterocycles. The summed E-state index contributed by atoms with van der Waals surface area (Å²) in [6, 6.07) is 0.813. The summed E-state index contributed by atoms with van der Waals surface area (Å²) in [6.07, 6.45) is 9.50. The first-order valence-electron chi connectivity index (χ1n) is 9.94. The van der Waals surface area contributed by atoms with Crippen molar-refractivity contribution >= 4 is 17.2 Å². The number of amides is 1. The molecule has 4 aliphatic rings. The molecule has 1 aromatic rings. The van der Waals surface area contributed by atoms with E-state index in [-0.39, 0.29) is 6.10 Å². The van der Waals surface area contributed by atoms with Gasteiger partial charge in [-0.05, 0) is 25.7 Å². The number of fused-ring (bicyclic) bond motifs is 1. The van der Waals surface area contributed by atoms with E-state index in [0.29, 0.717) is 11.8 Å². The van der Waals surface area contributed by atoms with Gasteiger partial charge in [-0.15, -0.1) is 0 Å². The van der Waals surface area contributed by atoms with Gasteiger partial charge in [-0.2, -0.15) is 0 Å². The lowest BCUT2D eigenvalue weighted by Gasteiger charge is -2.39. The highest BCUT2D eigenvalue weighted by Gasteiger charge is 2.35. The highest BCUT2D eigenvalue weighted by molar-refractivity contribution is 7.13. The van der Waals surface area contributed by atoms with E-state index in [1.807, 2.05) is 4.90 Å². The maximum atomic E-state index is 12.1. The lowest BCUT2D eigenvalue weighted by atomic mass is 9.90. The number of likely N-dealkylation sites (tertiary alicyclic amines) is 1. The fourth-order valence-corrected chi connectivity index (χ4v) is 5.28. The number of carbonyl (C=O) groups is 1. The van der Waals surface area contributed by atoms with E-state index in [9.17, 15) is 4.79 Å². The van der Waals surface area contributed by atoms with Crippen molar-refractivity contribution in [3.05, 3.63) is 10.6 Å². The molecule has 0 radical (unpaired) electrons. The minimum Gasteiger partial charge on any atom is -0.467 e. The smallest absolute Gasteiger partial charge is 0.273 e. The summed E-state index contributed by atoms with van der Waals surface area (Å²) in [7, 11) is 0. The molecular weight excluding hydrogens is 334 g/mol. The molecular formula is C19H27N3O2S. The standard InChI is InChI=1S/C19H27N3O2S/c23-18(13-4-5-13)21-9-6-15(7-10-21)24-19-20-16-8-11-22(12-17(16)25-19)14-2-1-3-14/h13-15H,1-12H2. The van der Waals surface area contributed by atoms with Gasteiger partial charge in [0.1, 0.15) is 6.10 Å². The first-order chi connectivity index (χ1) is 12.3. The van der Waals surface area contributed by atoms with Crippen LogP contribution in [0.3, 0.4) is 0 Å². The minimum atomic E-state index is 0.221. The Morgan fingerprint density at radius 3 is 2.56 bits per heavy atom. The lowest BCUT2D eigenvalue weighted by Crippen LogP contribution is -2.42. The van der Waals surface area contributed by atoms with Crippen LogP contribution >= 0.6 is 11.3 Å². The maximum absolute atomic E-state index is 12.1. The topological polar surface area (TPSA) is 45.7 Å². The second kappa shape index (κ2) is 6.54. The van der Waals surface area contributed by atoms with Crippen LogP contribution in [0.25, 0.3) is 0 Å². The van der Waals surface area contributed by atoms with Gasteiger partial charge in [0.2, 0.25) is 5.91 Å². The molecule has 3 heterocycles. The van der Waals surface area contributed by atoms with Crippen LogP contribution in [0.5, 0.6) is 5.19 Å². The van der Waals surface area contributed by atoms with Gasteiger partial charge < -0.3 is 9.64 Å². The van der Waals surface area contributed by atoms with Crippen LogP contribution in [0, 0.1) is 5.92 Å². The fraction of sp³-hybridized carbons (Fsp3) is 0.789. The molecule has 6 heteroatoms. The predicted octanol–water partition coefficient (Wildman–Crippen LogP) is 2.83. The Kier molecular flexibility index (Phi) is 4.20. The first kappa shape index (κ1) is 16.1. The number of hydrogen-bond donors (Lipinski definition) is 0. The van der Waals surface area contributed by atoms with Crippen LogP contribution in [-0.2, 0) is 17.8 Å². The van der Waals surface area contributed by atoms with Crippen molar-refractivity contribution in [2.45, 2.75) is 70.1 Å². The van der Waals surface area contributed by atoms with Gasteiger partial charge in [-0.1, -0.05) is 17.8 Å². The molecule has 3 fully saturated rings.